The lowest BCUT2D eigenvalue weighted by atomic mass is 9.49. The van der Waals surface area contributed by atoms with Gasteiger partial charge in [0.25, 0.3) is 5.91 Å². The Balaban J connectivity index is 1.42. The second-order valence-corrected chi connectivity index (χ2v) is 8.90. The molecule has 0 radical (unpaired) electrons. The maximum atomic E-state index is 13.0. The fourth-order valence-electron chi connectivity index (χ4n) is 5.88. The minimum Gasteiger partial charge on any atom is -0.452 e. The highest BCUT2D eigenvalue weighted by Gasteiger charge is 2.55. The van der Waals surface area contributed by atoms with Crippen LogP contribution in [0.25, 0.3) is 0 Å². The number of ether oxygens (including phenoxy) is 1. The first-order chi connectivity index (χ1) is 12.3. The van der Waals surface area contributed by atoms with Crippen LogP contribution in [-0.2, 0) is 21.4 Å². The lowest BCUT2D eigenvalue weighted by Gasteiger charge is -2.55. The largest absolute Gasteiger partial charge is 0.452 e. The summed E-state index contributed by atoms with van der Waals surface area (Å²) in [6.45, 7) is 5.42. The molecule has 1 aromatic rings. The molecule has 4 saturated carbocycles. The highest BCUT2D eigenvalue weighted by Crippen LogP contribution is 2.60. The molecule has 5 rings (SSSR count). The van der Waals surface area contributed by atoms with Crippen molar-refractivity contribution in [2.24, 2.45) is 30.2 Å². The van der Waals surface area contributed by atoms with Gasteiger partial charge in [0, 0.05) is 7.05 Å². The van der Waals surface area contributed by atoms with Crippen LogP contribution in [0.1, 0.15) is 56.8 Å². The summed E-state index contributed by atoms with van der Waals surface area (Å²) < 4.78 is 7.41. The van der Waals surface area contributed by atoms with Gasteiger partial charge < -0.3 is 10.1 Å². The number of aryl methyl sites for hydroxylation is 2. The number of rotatable bonds is 4. The van der Waals surface area contributed by atoms with E-state index in [-0.39, 0.29) is 17.3 Å². The Morgan fingerprint density at radius 1 is 1.15 bits per heavy atom. The van der Waals surface area contributed by atoms with E-state index in [9.17, 15) is 9.59 Å². The number of carbonyl (C=O) groups excluding carboxylic acids is 2. The van der Waals surface area contributed by atoms with Crippen LogP contribution in [0.4, 0.5) is 5.69 Å². The van der Waals surface area contributed by atoms with E-state index in [1.54, 1.807) is 11.6 Å². The van der Waals surface area contributed by atoms with Crippen molar-refractivity contribution in [3.63, 3.8) is 0 Å². The molecule has 0 aliphatic heterocycles. The van der Waals surface area contributed by atoms with Crippen molar-refractivity contribution in [1.82, 2.24) is 9.78 Å². The van der Waals surface area contributed by atoms with Crippen molar-refractivity contribution in [3.8, 4) is 0 Å². The molecule has 1 amide bonds. The van der Waals surface area contributed by atoms with Crippen molar-refractivity contribution in [1.29, 1.82) is 0 Å². The first kappa shape index (κ1) is 17.6. The number of hydrogen-bond donors (Lipinski definition) is 1. The number of carbonyl (C=O) groups is 2. The van der Waals surface area contributed by atoms with Crippen LogP contribution in [-0.4, -0.2) is 27.8 Å². The second kappa shape index (κ2) is 6.10. The summed E-state index contributed by atoms with van der Waals surface area (Å²) in [4.78, 5) is 25.5. The van der Waals surface area contributed by atoms with Crippen LogP contribution in [0.3, 0.4) is 0 Å². The topological polar surface area (TPSA) is 73.2 Å². The van der Waals surface area contributed by atoms with Crippen molar-refractivity contribution < 1.29 is 14.3 Å². The third kappa shape index (κ3) is 2.83. The van der Waals surface area contributed by atoms with Crippen LogP contribution < -0.4 is 5.32 Å². The number of hydrogen-bond acceptors (Lipinski definition) is 4. The third-order valence-electron chi connectivity index (χ3n) is 6.88. The Kier molecular flexibility index (Phi) is 4.12. The maximum Gasteiger partial charge on any atom is 0.312 e. The summed E-state index contributed by atoms with van der Waals surface area (Å²) in [6, 6.07) is 0. The second-order valence-electron chi connectivity index (χ2n) is 8.90. The zero-order valence-electron chi connectivity index (χ0n) is 16.2. The van der Waals surface area contributed by atoms with E-state index >= 15 is 0 Å². The Morgan fingerprint density at radius 2 is 1.69 bits per heavy atom. The fourth-order valence-corrected chi connectivity index (χ4v) is 5.88. The van der Waals surface area contributed by atoms with Crippen molar-refractivity contribution in [3.05, 3.63) is 11.4 Å². The molecule has 6 nitrogen and oxygen atoms in total. The van der Waals surface area contributed by atoms with E-state index < -0.39 is 6.10 Å². The van der Waals surface area contributed by atoms with Gasteiger partial charge in [0.15, 0.2) is 6.10 Å². The maximum absolute atomic E-state index is 13.0. The molecule has 4 bridgehead atoms. The fraction of sp³-hybridized carbons (Fsp3) is 0.750. The molecule has 4 fully saturated rings. The number of nitrogens with one attached hydrogen (secondary N) is 1. The molecule has 1 atom stereocenters. The van der Waals surface area contributed by atoms with Gasteiger partial charge in [-0.1, -0.05) is 0 Å². The van der Waals surface area contributed by atoms with Crippen LogP contribution in [0.2, 0.25) is 0 Å². The molecule has 6 heteroatoms. The van der Waals surface area contributed by atoms with Gasteiger partial charge in [0.2, 0.25) is 0 Å². The summed E-state index contributed by atoms with van der Waals surface area (Å²) in [7, 11) is 1.84. The minimum absolute atomic E-state index is 0.154. The zero-order valence-corrected chi connectivity index (χ0v) is 16.2. The molecule has 0 spiro atoms. The number of amides is 1. The lowest BCUT2D eigenvalue weighted by Crippen LogP contribution is -2.51. The normalized spacial score (nSPS) is 33.2. The first-order valence-electron chi connectivity index (χ1n) is 9.79. The summed E-state index contributed by atoms with van der Waals surface area (Å²) in [5.74, 6) is 1.59. The average Bonchev–Trinajstić information content (AvgIpc) is 2.79. The smallest absolute Gasteiger partial charge is 0.312 e. The molecule has 1 N–H and O–H groups in total. The minimum atomic E-state index is -0.797. The van der Waals surface area contributed by atoms with Crippen LogP contribution in [0.5, 0.6) is 0 Å². The Hall–Kier alpha value is -1.85. The van der Waals surface area contributed by atoms with Gasteiger partial charge >= 0.3 is 5.97 Å². The van der Waals surface area contributed by atoms with E-state index in [0.717, 1.165) is 30.7 Å². The molecule has 0 saturated heterocycles. The van der Waals surface area contributed by atoms with Gasteiger partial charge in [-0.2, -0.15) is 5.10 Å². The van der Waals surface area contributed by atoms with Crippen LogP contribution >= 0.6 is 0 Å². The Bertz CT molecular complexity index is 716. The number of aromatic nitrogens is 2. The summed E-state index contributed by atoms with van der Waals surface area (Å²) >= 11 is 0. The number of esters is 1. The van der Waals surface area contributed by atoms with Gasteiger partial charge in [-0.05, 0) is 77.0 Å². The summed E-state index contributed by atoms with van der Waals surface area (Å²) in [5.41, 5.74) is 2.02. The first-order valence-corrected chi connectivity index (χ1v) is 9.79. The van der Waals surface area contributed by atoms with E-state index in [2.05, 4.69) is 10.4 Å². The average molecular weight is 359 g/mol. The molecule has 1 heterocycles. The van der Waals surface area contributed by atoms with Gasteiger partial charge in [-0.25, -0.2) is 0 Å². The van der Waals surface area contributed by atoms with Crippen molar-refractivity contribution in [2.45, 2.75) is 65.4 Å². The molecular formula is C20H29N3O3. The van der Waals surface area contributed by atoms with Crippen LogP contribution in [0, 0.1) is 37.0 Å². The van der Waals surface area contributed by atoms with E-state index in [4.69, 9.17) is 4.74 Å². The molecule has 0 unspecified atom stereocenters. The van der Waals surface area contributed by atoms with Gasteiger partial charge in [-0.15, -0.1) is 0 Å². The predicted molar refractivity (Wildman–Crippen MR) is 97.5 cm³/mol. The molecule has 4 aliphatic rings. The molecule has 142 valence electrons. The standard InChI is InChI=1S/C20H29N3O3/c1-11-17(12(2)23(4)22-11)21-18(24)13(3)26-19(25)20-8-14-5-15(9-20)7-16(6-14)10-20/h13-16H,5-10H2,1-4H3,(H,21,24)/t13-,14?,15?,16?,20?/m0/s1. The molecule has 4 aliphatic carbocycles. The Morgan fingerprint density at radius 3 is 2.15 bits per heavy atom. The van der Waals surface area contributed by atoms with Gasteiger partial charge in [-0.3, -0.25) is 14.3 Å². The van der Waals surface area contributed by atoms with Crippen molar-refractivity contribution >= 4 is 17.6 Å². The lowest BCUT2D eigenvalue weighted by molar-refractivity contribution is -0.177. The van der Waals surface area contributed by atoms with Crippen molar-refractivity contribution in [2.75, 3.05) is 5.32 Å². The number of anilines is 1. The molecule has 0 aromatic carbocycles. The highest BCUT2D eigenvalue weighted by atomic mass is 16.5. The quantitative estimate of drug-likeness (QED) is 0.838. The van der Waals surface area contributed by atoms with Gasteiger partial charge in [0.1, 0.15) is 0 Å². The monoisotopic (exact) mass is 359 g/mol. The number of nitrogens with zero attached hydrogens (tertiary/aromatic N) is 2. The van der Waals surface area contributed by atoms with E-state index in [1.807, 2.05) is 20.9 Å². The highest BCUT2D eigenvalue weighted by molar-refractivity contribution is 5.96. The third-order valence-corrected chi connectivity index (χ3v) is 6.88. The molecule has 26 heavy (non-hydrogen) atoms. The Labute approximate surface area is 154 Å². The van der Waals surface area contributed by atoms with Crippen LogP contribution in [0.15, 0.2) is 0 Å². The molecule has 1 aromatic heterocycles. The van der Waals surface area contributed by atoms with E-state index in [0.29, 0.717) is 23.4 Å². The summed E-state index contributed by atoms with van der Waals surface area (Å²) in [5, 5.41) is 7.18. The molecular weight excluding hydrogens is 330 g/mol. The predicted octanol–water partition coefficient (Wildman–Crippen LogP) is 3.12. The van der Waals surface area contributed by atoms with Gasteiger partial charge in [0.05, 0.1) is 22.5 Å². The summed E-state index contributed by atoms with van der Waals surface area (Å²) in [6.07, 6.45) is 5.90. The zero-order chi connectivity index (χ0) is 18.6. The SMILES string of the molecule is Cc1nn(C)c(C)c1NC(=O)[C@H](C)OC(=O)C12CC3CC(CC(C3)C1)C2. The van der Waals surface area contributed by atoms with E-state index in [1.165, 1.54) is 19.3 Å².